The van der Waals surface area contributed by atoms with Crippen LogP contribution in [0.5, 0.6) is 0 Å². The van der Waals surface area contributed by atoms with Crippen LogP contribution in [0.2, 0.25) is 0 Å². The summed E-state index contributed by atoms with van der Waals surface area (Å²) in [5, 5.41) is 12.0. The van der Waals surface area contributed by atoms with E-state index < -0.39 is 12.0 Å². The van der Waals surface area contributed by atoms with Gasteiger partial charge in [-0.05, 0) is 12.1 Å². The molecule has 0 aromatic carbocycles. The Balaban J connectivity index is 2.20. The fraction of sp³-hybridized carbons (Fsp3) is 0.364. The Morgan fingerprint density at radius 1 is 1.41 bits per heavy atom. The second-order valence-corrected chi connectivity index (χ2v) is 3.79. The van der Waals surface area contributed by atoms with Gasteiger partial charge in [-0.2, -0.15) is 0 Å². The predicted molar refractivity (Wildman–Crippen MR) is 59.6 cm³/mol. The van der Waals surface area contributed by atoms with Crippen molar-refractivity contribution in [3.05, 3.63) is 30.1 Å². The molecule has 2 rings (SSSR count). The van der Waals surface area contributed by atoms with Crippen LogP contribution >= 0.6 is 0 Å². The van der Waals surface area contributed by atoms with E-state index in [9.17, 15) is 9.59 Å². The van der Waals surface area contributed by atoms with Crippen LogP contribution in [0, 0.1) is 0 Å². The fourth-order valence-electron chi connectivity index (χ4n) is 1.83. The average molecular weight is 235 g/mol. The highest BCUT2D eigenvalue weighted by atomic mass is 16.4. The van der Waals surface area contributed by atoms with E-state index in [1.54, 1.807) is 12.1 Å². The third kappa shape index (κ3) is 2.42. The van der Waals surface area contributed by atoms with Crippen molar-refractivity contribution in [2.24, 2.45) is 0 Å². The van der Waals surface area contributed by atoms with Gasteiger partial charge in [-0.15, -0.1) is 0 Å². The lowest BCUT2D eigenvalue weighted by Gasteiger charge is -2.33. The second kappa shape index (κ2) is 4.92. The van der Waals surface area contributed by atoms with Crippen LogP contribution in [0.1, 0.15) is 10.4 Å². The number of nitrogens with zero attached hydrogens (tertiary/aromatic N) is 2. The number of carboxylic acid groups (broad SMARTS) is 1. The molecule has 2 heterocycles. The van der Waals surface area contributed by atoms with Gasteiger partial charge in [0.1, 0.15) is 6.04 Å². The maximum atomic E-state index is 12.1. The van der Waals surface area contributed by atoms with Gasteiger partial charge in [0.05, 0.1) is 0 Å². The van der Waals surface area contributed by atoms with Crippen LogP contribution in [-0.4, -0.2) is 52.5 Å². The Bertz CT molecular complexity index is 421. The third-order valence-electron chi connectivity index (χ3n) is 2.72. The molecule has 90 valence electrons. The van der Waals surface area contributed by atoms with Crippen molar-refractivity contribution >= 4 is 11.9 Å². The maximum Gasteiger partial charge on any atom is 0.327 e. The minimum absolute atomic E-state index is 0.263. The molecule has 6 nitrogen and oxygen atoms in total. The first-order valence-electron chi connectivity index (χ1n) is 5.34. The molecule has 1 amide bonds. The molecule has 0 radical (unpaired) electrons. The highest BCUT2D eigenvalue weighted by Crippen LogP contribution is 2.10. The summed E-state index contributed by atoms with van der Waals surface area (Å²) in [6.45, 7) is 1.30. The lowest BCUT2D eigenvalue weighted by Crippen LogP contribution is -2.56. The molecule has 1 atom stereocenters. The number of hydrogen-bond acceptors (Lipinski definition) is 4. The first kappa shape index (κ1) is 11.5. The van der Waals surface area contributed by atoms with E-state index >= 15 is 0 Å². The fourth-order valence-corrected chi connectivity index (χ4v) is 1.83. The molecule has 1 fully saturated rings. The summed E-state index contributed by atoms with van der Waals surface area (Å²) in [4.78, 5) is 28.4. The average Bonchev–Trinajstić information content (AvgIpc) is 2.39. The Kier molecular flexibility index (Phi) is 3.34. The van der Waals surface area contributed by atoms with Gasteiger partial charge in [0.25, 0.3) is 5.91 Å². The van der Waals surface area contributed by atoms with Gasteiger partial charge in [0, 0.05) is 37.6 Å². The molecule has 1 aromatic heterocycles. The van der Waals surface area contributed by atoms with Crippen LogP contribution in [0.15, 0.2) is 24.5 Å². The smallest absolute Gasteiger partial charge is 0.327 e. The molecule has 1 aliphatic heterocycles. The van der Waals surface area contributed by atoms with Crippen molar-refractivity contribution in [1.29, 1.82) is 0 Å². The Morgan fingerprint density at radius 2 is 2.12 bits per heavy atom. The van der Waals surface area contributed by atoms with Crippen LogP contribution in [0.4, 0.5) is 0 Å². The van der Waals surface area contributed by atoms with Crippen molar-refractivity contribution in [2.75, 3.05) is 19.6 Å². The van der Waals surface area contributed by atoms with Gasteiger partial charge in [-0.3, -0.25) is 9.78 Å². The first-order chi connectivity index (χ1) is 8.20. The topological polar surface area (TPSA) is 82.5 Å². The van der Waals surface area contributed by atoms with Gasteiger partial charge < -0.3 is 15.3 Å². The zero-order valence-corrected chi connectivity index (χ0v) is 9.17. The van der Waals surface area contributed by atoms with Gasteiger partial charge in [0.15, 0.2) is 0 Å². The lowest BCUT2D eigenvalue weighted by atomic mass is 10.1. The van der Waals surface area contributed by atoms with Gasteiger partial charge in [0.2, 0.25) is 0 Å². The van der Waals surface area contributed by atoms with Crippen LogP contribution < -0.4 is 5.32 Å². The summed E-state index contributed by atoms with van der Waals surface area (Å²) < 4.78 is 0. The number of carbonyl (C=O) groups excluding carboxylic acids is 1. The van der Waals surface area contributed by atoms with E-state index in [0.717, 1.165) is 0 Å². The van der Waals surface area contributed by atoms with Crippen molar-refractivity contribution in [3.63, 3.8) is 0 Å². The molecule has 2 N–H and O–H groups in total. The Hall–Kier alpha value is -1.95. The summed E-state index contributed by atoms with van der Waals surface area (Å²) >= 11 is 0. The number of piperazine rings is 1. The largest absolute Gasteiger partial charge is 0.480 e. The quantitative estimate of drug-likeness (QED) is 0.727. The van der Waals surface area contributed by atoms with Gasteiger partial charge in [-0.25, -0.2) is 4.79 Å². The highest BCUT2D eigenvalue weighted by molar-refractivity contribution is 5.96. The zero-order valence-electron chi connectivity index (χ0n) is 9.17. The van der Waals surface area contributed by atoms with Crippen molar-refractivity contribution in [1.82, 2.24) is 15.2 Å². The molecule has 1 aromatic rings. The van der Waals surface area contributed by atoms with Crippen LogP contribution in [-0.2, 0) is 4.79 Å². The number of carbonyl (C=O) groups is 2. The SMILES string of the molecule is O=C(O)C1CNCCN1C(=O)c1ccncc1. The molecule has 1 unspecified atom stereocenters. The number of pyridine rings is 1. The second-order valence-electron chi connectivity index (χ2n) is 3.79. The van der Waals surface area contributed by atoms with E-state index in [2.05, 4.69) is 10.3 Å². The molecule has 1 saturated heterocycles. The minimum atomic E-state index is -0.986. The van der Waals surface area contributed by atoms with Crippen LogP contribution in [0.25, 0.3) is 0 Å². The molecule has 0 bridgehead atoms. The molecule has 0 spiro atoms. The molecular formula is C11H13N3O3. The third-order valence-corrected chi connectivity index (χ3v) is 2.72. The number of carboxylic acids is 1. The summed E-state index contributed by atoms with van der Waals surface area (Å²) in [5.74, 6) is -1.25. The lowest BCUT2D eigenvalue weighted by molar-refractivity contribution is -0.142. The summed E-state index contributed by atoms with van der Waals surface area (Å²) in [7, 11) is 0. The molecule has 0 aliphatic carbocycles. The summed E-state index contributed by atoms with van der Waals surface area (Å²) in [6.07, 6.45) is 3.04. The Labute approximate surface area is 98.3 Å². The Morgan fingerprint density at radius 3 is 2.76 bits per heavy atom. The molecular weight excluding hydrogens is 222 g/mol. The number of amides is 1. The van der Waals surface area contributed by atoms with Crippen LogP contribution in [0.3, 0.4) is 0 Å². The first-order valence-corrected chi connectivity index (χ1v) is 5.34. The monoisotopic (exact) mass is 235 g/mol. The predicted octanol–water partition coefficient (Wildman–Crippen LogP) is -0.420. The minimum Gasteiger partial charge on any atom is -0.480 e. The standard InChI is InChI=1S/C11H13N3O3/c15-10(8-1-3-12-4-2-8)14-6-5-13-7-9(14)11(16)17/h1-4,9,13H,5-7H2,(H,16,17). The van der Waals surface area contributed by atoms with Crippen molar-refractivity contribution < 1.29 is 14.7 Å². The van der Waals surface area contributed by atoms with Gasteiger partial charge >= 0.3 is 5.97 Å². The normalized spacial score (nSPS) is 20.0. The zero-order chi connectivity index (χ0) is 12.3. The number of aliphatic carboxylic acids is 1. The molecule has 0 saturated carbocycles. The summed E-state index contributed by atoms with van der Waals surface area (Å²) in [6, 6.07) is 2.37. The van der Waals surface area contributed by atoms with E-state index in [1.807, 2.05) is 0 Å². The number of aromatic nitrogens is 1. The number of nitrogens with one attached hydrogen (secondary N) is 1. The maximum absolute atomic E-state index is 12.1. The van der Waals surface area contributed by atoms with Crippen molar-refractivity contribution in [2.45, 2.75) is 6.04 Å². The number of rotatable bonds is 2. The highest BCUT2D eigenvalue weighted by Gasteiger charge is 2.32. The molecule has 17 heavy (non-hydrogen) atoms. The van der Waals surface area contributed by atoms with Gasteiger partial charge in [-0.1, -0.05) is 0 Å². The van der Waals surface area contributed by atoms with E-state index in [4.69, 9.17) is 5.11 Å². The van der Waals surface area contributed by atoms with E-state index in [-0.39, 0.29) is 12.5 Å². The molecule has 1 aliphatic rings. The van der Waals surface area contributed by atoms with Crippen molar-refractivity contribution in [3.8, 4) is 0 Å². The van der Waals surface area contributed by atoms with E-state index in [0.29, 0.717) is 18.7 Å². The number of hydrogen-bond donors (Lipinski definition) is 2. The summed E-state index contributed by atoms with van der Waals surface area (Å²) in [5.41, 5.74) is 0.466. The molecule has 6 heteroatoms. The van der Waals surface area contributed by atoms with E-state index in [1.165, 1.54) is 17.3 Å².